The Kier molecular flexibility index (Phi) is 4.34. The number of aromatic nitrogens is 1. The molecule has 1 aromatic heterocycles. The van der Waals surface area contributed by atoms with Gasteiger partial charge in [0.05, 0.1) is 12.1 Å². The Hall–Kier alpha value is -2.10. The summed E-state index contributed by atoms with van der Waals surface area (Å²) in [5.74, 6) is 0.878. The van der Waals surface area contributed by atoms with Gasteiger partial charge in [0.15, 0.2) is 0 Å². The number of nitrogens with zero attached hydrogens (tertiary/aromatic N) is 1. The van der Waals surface area contributed by atoms with Crippen LogP contribution in [0.5, 0.6) is 0 Å². The van der Waals surface area contributed by atoms with Crippen LogP contribution in [-0.2, 0) is 4.74 Å². The van der Waals surface area contributed by atoms with E-state index >= 15 is 0 Å². The van der Waals surface area contributed by atoms with E-state index in [0.29, 0.717) is 18.3 Å². The molecule has 1 atom stereocenters. The van der Waals surface area contributed by atoms with Gasteiger partial charge in [-0.1, -0.05) is 38.5 Å². The number of rotatable bonds is 4. The lowest BCUT2D eigenvalue weighted by atomic mass is 10.1. The van der Waals surface area contributed by atoms with Crippen LogP contribution in [0.25, 0.3) is 10.9 Å². The number of amides is 1. The van der Waals surface area contributed by atoms with Crippen LogP contribution in [0.2, 0.25) is 0 Å². The van der Waals surface area contributed by atoms with Crippen LogP contribution in [0.3, 0.4) is 0 Å². The predicted molar refractivity (Wildman–Crippen MR) is 76.2 cm³/mol. The molecule has 2 rings (SSSR count). The molecule has 0 fully saturated rings. The first-order valence-corrected chi connectivity index (χ1v) is 6.48. The molecule has 4 heteroatoms. The Labute approximate surface area is 112 Å². The first-order chi connectivity index (χ1) is 9.19. The number of ether oxygens (including phenoxy) is 1. The molecule has 0 unspecified atom stereocenters. The Morgan fingerprint density at radius 2 is 2.11 bits per heavy atom. The van der Waals surface area contributed by atoms with E-state index in [0.717, 1.165) is 17.3 Å². The van der Waals surface area contributed by atoms with E-state index in [2.05, 4.69) is 17.2 Å². The highest BCUT2D eigenvalue weighted by Crippen LogP contribution is 2.14. The van der Waals surface area contributed by atoms with Crippen LogP contribution in [0.4, 0.5) is 10.6 Å². The van der Waals surface area contributed by atoms with E-state index in [4.69, 9.17) is 4.74 Å². The molecular formula is C15H18N2O2. The van der Waals surface area contributed by atoms with Crippen LogP contribution >= 0.6 is 0 Å². The number of nitrogens with one attached hydrogen (secondary N) is 1. The molecular weight excluding hydrogens is 240 g/mol. The first-order valence-electron chi connectivity index (χ1n) is 6.48. The Balaban J connectivity index is 1.99. The Morgan fingerprint density at radius 1 is 1.32 bits per heavy atom. The first kappa shape index (κ1) is 13.3. The van der Waals surface area contributed by atoms with E-state index in [9.17, 15) is 4.79 Å². The van der Waals surface area contributed by atoms with Gasteiger partial charge in [-0.2, -0.15) is 0 Å². The fourth-order valence-electron chi connectivity index (χ4n) is 1.61. The molecule has 0 aliphatic rings. The molecule has 2 aromatic rings. The molecule has 0 bridgehead atoms. The number of hydrogen-bond donors (Lipinski definition) is 1. The lowest BCUT2D eigenvalue weighted by Crippen LogP contribution is -2.17. The monoisotopic (exact) mass is 258 g/mol. The number of anilines is 1. The van der Waals surface area contributed by atoms with Crippen molar-refractivity contribution in [2.24, 2.45) is 5.92 Å². The van der Waals surface area contributed by atoms with Crippen molar-refractivity contribution in [3.63, 3.8) is 0 Å². The van der Waals surface area contributed by atoms with Crippen molar-refractivity contribution in [3.8, 4) is 0 Å². The number of pyridine rings is 1. The van der Waals surface area contributed by atoms with E-state index < -0.39 is 6.09 Å². The topological polar surface area (TPSA) is 51.2 Å². The van der Waals surface area contributed by atoms with Crippen molar-refractivity contribution < 1.29 is 9.53 Å². The van der Waals surface area contributed by atoms with E-state index in [1.54, 1.807) is 6.07 Å². The normalized spacial score (nSPS) is 12.1. The van der Waals surface area contributed by atoms with Gasteiger partial charge in [-0.25, -0.2) is 9.78 Å². The minimum atomic E-state index is -0.455. The molecule has 0 aliphatic carbocycles. The van der Waals surface area contributed by atoms with E-state index in [1.165, 1.54) is 0 Å². The maximum Gasteiger partial charge on any atom is 0.412 e. The summed E-state index contributed by atoms with van der Waals surface area (Å²) in [7, 11) is 0. The number of hydrogen-bond acceptors (Lipinski definition) is 3. The quantitative estimate of drug-likeness (QED) is 0.906. The highest BCUT2D eigenvalue weighted by Gasteiger charge is 2.07. The summed E-state index contributed by atoms with van der Waals surface area (Å²) in [6, 6.07) is 11.5. The van der Waals surface area contributed by atoms with Crippen LogP contribution in [-0.4, -0.2) is 17.7 Å². The summed E-state index contributed by atoms with van der Waals surface area (Å²) < 4.78 is 5.12. The van der Waals surface area contributed by atoms with Crippen molar-refractivity contribution in [3.05, 3.63) is 36.4 Å². The number of fused-ring (bicyclic) bond motifs is 1. The Bertz CT molecular complexity index is 569. The van der Waals surface area contributed by atoms with Crippen LogP contribution in [0.1, 0.15) is 20.3 Å². The second-order valence-corrected chi connectivity index (χ2v) is 4.63. The number of carbonyl (C=O) groups is 1. The summed E-state index contributed by atoms with van der Waals surface area (Å²) >= 11 is 0. The second kappa shape index (κ2) is 6.18. The minimum Gasteiger partial charge on any atom is -0.449 e. The van der Waals surface area contributed by atoms with E-state index in [-0.39, 0.29) is 0 Å². The Morgan fingerprint density at radius 3 is 2.89 bits per heavy atom. The second-order valence-electron chi connectivity index (χ2n) is 4.63. The molecule has 0 saturated heterocycles. The summed E-state index contributed by atoms with van der Waals surface area (Å²) in [5.41, 5.74) is 0.849. The molecule has 1 heterocycles. The smallest absolute Gasteiger partial charge is 0.412 e. The summed E-state index contributed by atoms with van der Waals surface area (Å²) in [4.78, 5) is 15.9. The third kappa shape index (κ3) is 3.68. The molecule has 1 N–H and O–H groups in total. The van der Waals surface area contributed by atoms with Gasteiger partial charge in [0.2, 0.25) is 0 Å². The van der Waals surface area contributed by atoms with Crippen LogP contribution in [0, 0.1) is 5.92 Å². The van der Waals surface area contributed by atoms with Gasteiger partial charge in [-0.15, -0.1) is 0 Å². The molecule has 1 amide bonds. The molecule has 1 aromatic carbocycles. The average molecular weight is 258 g/mol. The number of carbonyl (C=O) groups excluding carboxylic acids is 1. The molecule has 100 valence electrons. The number of para-hydroxylation sites is 1. The fraction of sp³-hybridized carbons (Fsp3) is 0.333. The largest absolute Gasteiger partial charge is 0.449 e. The zero-order valence-electron chi connectivity index (χ0n) is 11.2. The standard InChI is InChI=1S/C15H18N2O2/c1-3-11(2)10-19-15(18)17-14-9-8-12-6-4-5-7-13(12)16-14/h4-9,11H,3,10H2,1-2H3,(H,16,17,18)/t11-/m1/s1. The maximum atomic E-state index is 11.6. The maximum absolute atomic E-state index is 11.6. The van der Waals surface area contributed by atoms with Crippen molar-refractivity contribution in [2.75, 3.05) is 11.9 Å². The summed E-state index contributed by atoms with van der Waals surface area (Å²) in [6.45, 7) is 4.54. The molecule has 4 nitrogen and oxygen atoms in total. The molecule has 0 saturated carbocycles. The number of benzene rings is 1. The molecule has 19 heavy (non-hydrogen) atoms. The summed E-state index contributed by atoms with van der Waals surface area (Å²) in [6.07, 6.45) is 0.532. The third-order valence-electron chi connectivity index (χ3n) is 3.02. The van der Waals surface area contributed by atoms with Gasteiger partial charge >= 0.3 is 6.09 Å². The van der Waals surface area contributed by atoms with Crippen molar-refractivity contribution in [1.29, 1.82) is 0 Å². The predicted octanol–water partition coefficient (Wildman–Crippen LogP) is 3.83. The zero-order valence-corrected chi connectivity index (χ0v) is 11.2. The van der Waals surface area contributed by atoms with Gasteiger partial charge < -0.3 is 4.74 Å². The molecule has 0 aliphatic heterocycles. The minimum absolute atomic E-state index is 0.371. The lowest BCUT2D eigenvalue weighted by Gasteiger charge is -2.10. The van der Waals surface area contributed by atoms with Gasteiger partial charge in [0.1, 0.15) is 5.82 Å². The van der Waals surface area contributed by atoms with Gasteiger partial charge in [-0.05, 0) is 24.1 Å². The lowest BCUT2D eigenvalue weighted by molar-refractivity contribution is 0.143. The van der Waals surface area contributed by atoms with Gasteiger partial charge in [0.25, 0.3) is 0 Å². The van der Waals surface area contributed by atoms with Crippen molar-refractivity contribution in [1.82, 2.24) is 4.98 Å². The summed E-state index contributed by atoms with van der Waals surface area (Å²) in [5, 5.41) is 3.68. The average Bonchev–Trinajstić information content (AvgIpc) is 2.44. The van der Waals surface area contributed by atoms with Crippen molar-refractivity contribution in [2.45, 2.75) is 20.3 Å². The van der Waals surface area contributed by atoms with E-state index in [1.807, 2.05) is 37.3 Å². The highest BCUT2D eigenvalue weighted by molar-refractivity contribution is 5.86. The molecule has 0 spiro atoms. The van der Waals surface area contributed by atoms with Crippen molar-refractivity contribution >= 4 is 22.8 Å². The van der Waals surface area contributed by atoms with Crippen LogP contribution in [0.15, 0.2) is 36.4 Å². The SMILES string of the molecule is CC[C@@H](C)COC(=O)Nc1ccc2ccccc2n1. The van der Waals surface area contributed by atoms with Gasteiger partial charge in [-0.3, -0.25) is 5.32 Å². The van der Waals surface area contributed by atoms with Gasteiger partial charge in [0, 0.05) is 5.39 Å². The fourth-order valence-corrected chi connectivity index (χ4v) is 1.61. The highest BCUT2D eigenvalue weighted by atomic mass is 16.5. The third-order valence-corrected chi connectivity index (χ3v) is 3.02. The molecule has 0 radical (unpaired) electrons. The zero-order chi connectivity index (χ0) is 13.7. The van der Waals surface area contributed by atoms with Crippen LogP contribution < -0.4 is 5.32 Å².